The predicted molar refractivity (Wildman–Crippen MR) is 97.9 cm³/mol. The molecule has 0 radical (unpaired) electrons. The molecule has 0 saturated carbocycles. The Hall–Kier alpha value is -2.07. The molecule has 4 heteroatoms. The predicted octanol–water partition coefficient (Wildman–Crippen LogP) is 4.49. The van der Waals surface area contributed by atoms with Gasteiger partial charge in [0, 0.05) is 13.6 Å². The van der Waals surface area contributed by atoms with Crippen molar-refractivity contribution in [3.63, 3.8) is 0 Å². The first-order valence-corrected chi connectivity index (χ1v) is 7.98. The summed E-state index contributed by atoms with van der Waals surface area (Å²) in [4.78, 5) is 1.84. The molecule has 0 unspecified atom stereocenters. The highest BCUT2D eigenvalue weighted by Gasteiger charge is 2.14. The van der Waals surface area contributed by atoms with E-state index in [2.05, 4.69) is 32.9 Å². The molecule has 0 aliphatic heterocycles. The van der Waals surface area contributed by atoms with E-state index in [9.17, 15) is 5.11 Å². The first-order valence-electron chi connectivity index (χ1n) is 7.57. The Bertz CT molecular complexity index is 675. The lowest BCUT2D eigenvalue weighted by atomic mass is 9.87. The molecule has 122 valence electrons. The van der Waals surface area contributed by atoms with Crippen molar-refractivity contribution in [2.75, 3.05) is 7.05 Å². The Morgan fingerprint density at radius 3 is 2.35 bits per heavy atom. The molecule has 0 spiro atoms. The summed E-state index contributed by atoms with van der Waals surface area (Å²) < 4.78 is 5.74. The lowest BCUT2D eigenvalue weighted by Crippen LogP contribution is -2.28. The minimum absolute atomic E-state index is 0.116. The van der Waals surface area contributed by atoms with E-state index in [1.165, 1.54) is 5.56 Å². The quantitative estimate of drug-likeness (QED) is 0.841. The summed E-state index contributed by atoms with van der Waals surface area (Å²) in [7, 11) is 1.87. The number of hydrogen-bond donors (Lipinski definition) is 1. The third kappa shape index (κ3) is 4.96. The van der Waals surface area contributed by atoms with Gasteiger partial charge in [0.15, 0.2) is 0 Å². The molecule has 0 saturated heterocycles. The molecule has 0 bridgehead atoms. The van der Waals surface area contributed by atoms with Gasteiger partial charge in [0.2, 0.25) is 0 Å². The van der Waals surface area contributed by atoms with E-state index in [1.54, 1.807) is 12.1 Å². The lowest BCUT2D eigenvalue weighted by Gasteiger charge is -2.21. The van der Waals surface area contributed by atoms with Gasteiger partial charge in [-0.3, -0.25) is 0 Å². The summed E-state index contributed by atoms with van der Waals surface area (Å²) in [5.74, 6) is 0.978. The Labute approximate surface area is 143 Å². The van der Waals surface area contributed by atoms with E-state index >= 15 is 0 Å². The summed E-state index contributed by atoms with van der Waals surface area (Å²) >= 11 is 5.34. The van der Waals surface area contributed by atoms with E-state index in [4.69, 9.17) is 17.0 Å². The summed E-state index contributed by atoms with van der Waals surface area (Å²) in [6.07, 6.45) is 0. The van der Waals surface area contributed by atoms with E-state index < -0.39 is 0 Å². The molecule has 2 aromatic carbocycles. The number of hydrogen-bond acceptors (Lipinski definition) is 3. The van der Waals surface area contributed by atoms with Gasteiger partial charge in [0.1, 0.15) is 11.5 Å². The normalized spacial score (nSPS) is 11.1. The molecule has 0 fully saturated rings. The van der Waals surface area contributed by atoms with Crippen LogP contribution in [0.2, 0.25) is 0 Å². The van der Waals surface area contributed by atoms with Gasteiger partial charge in [-0.25, -0.2) is 0 Å². The molecular formula is C19H23NO2S. The van der Waals surface area contributed by atoms with Crippen LogP contribution in [-0.4, -0.2) is 22.2 Å². The molecule has 23 heavy (non-hydrogen) atoms. The average Bonchev–Trinajstić information content (AvgIpc) is 2.46. The minimum atomic E-state index is 0.116. The molecule has 0 heterocycles. The van der Waals surface area contributed by atoms with Gasteiger partial charge in [-0.1, -0.05) is 45.0 Å². The van der Waals surface area contributed by atoms with Crippen LogP contribution in [0, 0.1) is 0 Å². The summed E-state index contributed by atoms with van der Waals surface area (Å²) in [6.45, 7) is 7.11. The number of benzene rings is 2. The maximum atomic E-state index is 9.51. The molecule has 0 amide bonds. The maximum Gasteiger partial charge on any atom is 0.264 e. The zero-order valence-electron chi connectivity index (χ0n) is 14.0. The fourth-order valence-electron chi connectivity index (χ4n) is 2.19. The van der Waals surface area contributed by atoms with Gasteiger partial charge in [0.25, 0.3) is 5.17 Å². The van der Waals surface area contributed by atoms with Crippen molar-refractivity contribution in [1.82, 2.24) is 4.90 Å². The summed E-state index contributed by atoms with van der Waals surface area (Å²) in [6, 6.07) is 15.1. The smallest absolute Gasteiger partial charge is 0.264 e. The molecule has 0 aliphatic carbocycles. The molecule has 0 aromatic heterocycles. The molecule has 2 aromatic rings. The summed E-state index contributed by atoms with van der Waals surface area (Å²) in [5.41, 5.74) is 2.34. The van der Waals surface area contributed by atoms with Crippen LogP contribution in [0.25, 0.3) is 0 Å². The van der Waals surface area contributed by atoms with Crippen molar-refractivity contribution in [2.45, 2.75) is 32.7 Å². The number of phenolic OH excluding ortho intramolecular Hbond substituents is 1. The Balaban J connectivity index is 1.98. The van der Waals surface area contributed by atoms with E-state index in [1.807, 2.05) is 36.2 Å². The second-order valence-electron chi connectivity index (χ2n) is 6.67. The van der Waals surface area contributed by atoms with E-state index in [-0.39, 0.29) is 11.2 Å². The van der Waals surface area contributed by atoms with E-state index in [0.29, 0.717) is 11.7 Å². The second kappa shape index (κ2) is 7.01. The first-order chi connectivity index (χ1) is 10.8. The van der Waals surface area contributed by atoms with Crippen LogP contribution >= 0.6 is 12.2 Å². The SMILES string of the molecule is CN(Cc1cccc(O)c1)C(=S)Oc1ccc(C(C)(C)C)cc1. The Kier molecular flexibility index (Phi) is 5.26. The topological polar surface area (TPSA) is 32.7 Å². The van der Waals surface area contributed by atoms with Gasteiger partial charge in [-0.2, -0.15) is 0 Å². The van der Waals surface area contributed by atoms with Gasteiger partial charge in [-0.05, 0) is 53.0 Å². The second-order valence-corrected chi connectivity index (χ2v) is 7.02. The van der Waals surface area contributed by atoms with Crippen LogP contribution in [0.1, 0.15) is 31.9 Å². The van der Waals surface area contributed by atoms with Crippen LogP contribution in [0.4, 0.5) is 0 Å². The zero-order valence-corrected chi connectivity index (χ0v) is 14.9. The minimum Gasteiger partial charge on any atom is -0.508 e. The van der Waals surface area contributed by atoms with Gasteiger partial charge in [-0.15, -0.1) is 0 Å². The molecule has 0 aliphatic rings. The maximum absolute atomic E-state index is 9.51. The van der Waals surface area contributed by atoms with Gasteiger partial charge in [0.05, 0.1) is 0 Å². The zero-order chi connectivity index (χ0) is 17.0. The van der Waals surface area contributed by atoms with E-state index in [0.717, 1.165) is 11.3 Å². The number of phenols is 1. The van der Waals surface area contributed by atoms with Gasteiger partial charge < -0.3 is 14.7 Å². The fraction of sp³-hybridized carbons (Fsp3) is 0.316. The lowest BCUT2D eigenvalue weighted by molar-refractivity contribution is 0.396. The highest BCUT2D eigenvalue weighted by Crippen LogP contribution is 2.24. The molecule has 3 nitrogen and oxygen atoms in total. The van der Waals surface area contributed by atoms with Crippen LogP contribution in [0.5, 0.6) is 11.5 Å². The first kappa shape index (κ1) is 17.3. The van der Waals surface area contributed by atoms with Crippen LogP contribution < -0.4 is 4.74 Å². The molecule has 2 rings (SSSR count). The van der Waals surface area contributed by atoms with Crippen molar-refractivity contribution in [3.05, 3.63) is 59.7 Å². The highest BCUT2D eigenvalue weighted by molar-refractivity contribution is 7.80. The number of aromatic hydroxyl groups is 1. The molecule has 1 N–H and O–H groups in total. The third-order valence-electron chi connectivity index (χ3n) is 3.57. The fourth-order valence-corrected chi connectivity index (χ4v) is 2.36. The van der Waals surface area contributed by atoms with Crippen LogP contribution in [-0.2, 0) is 12.0 Å². The Morgan fingerprint density at radius 2 is 1.78 bits per heavy atom. The number of ether oxygens (including phenoxy) is 1. The van der Waals surface area contributed by atoms with Crippen molar-refractivity contribution >= 4 is 17.4 Å². The number of nitrogens with zero attached hydrogens (tertiary/aromatic N) is 1. The van der Waals surface area contributed by atoms with Crippen LogP contribution in [0.3, 0.4) is 0 Å². The van der Waals surface area contributed by atoms with Crippen molar-refractivity contribution in [1.29, 1.82) is 0 Å². The summed E-state index contributed by atoms with van der Waals surface area (Å²) in [5, 5.41) is 9.91. The highest BCUT2D eigenvalue weighted by atomic mass is 32.1. The number of rotatable bonds is 3. The van der Waals surface area contributed by atoms with Crippen molar-refractivity contribution in [2.24, 2.45) is 0 Å². The van der Waals surface area contributed by atoms with Gasteiger partial charge >= 0.3 is 0 Å². The van der Waals surface area contributed by atoms with Crippen molar-refractivity contribution in [3.8, 4) is 11.5 Å². The monoisotopic (exact) mass is 329 g/mol. The standard InChI is InChI=1S/C19H23NO2S/c1-19(2,3)15-8-10-17(11-9-15)22-18(23)20(4)13-14-6-5-7-16(21)12-14/h5-12,21H,13H2,1-4H3. The molecule has 0 atom stereocenters. The Morgan fingerprint density at radius 1 is 1.13 bits per heavy atom. The van der Waals surface area contributed by atoms with Crippen molar-refractivity contribution < 1.29 is 9.84 Å². The average molecular weight is 329 g/mol. The largest absolute Gasteiger partial charge is 0.508 e. The third-order valence-corrected chi connectivity index (χ3v) is 3.96. The molecular weight excluding hydrogens is 306 g/mol. The number of thiocarbonyl (C=S) groups is 1. The van der Waals surface area contributed by atoms with Crippen LogP contribution in [0.15, 0.2) is 48.5 Å².